The van der Waals surface area contributed by atoms with Crippen LogP contribution in [0.4, 0.5) is 4.39 Å². The number of aromatic amines is 1. The minimum absolute atomic E-state index is 0.0714. The van der Waals surface area contributed by atoms with E-state index in [4.69, 9.17) is 4.74 Å². The Hall–Kier alpha value is -2.73. The van der Waals surface area contributed by atoms with Gasteiger partial charge in [-0.25, -0.2) is 9.37 Å². The number of fused-ring (bicyclic) bond motifs is 1. The molecule has 0 unspecified atom stereocenters. The minimum Gasteiger partial charge on any atom is -0.493 e. The number of benzene rings is 2. The van der Waals surface area contributed by atoms with Crippen LogP contribution >= 0.6 is 0 Å². The van der Waals surface area contributed by atoms with Gasteiger partial charge in [-0.05, 0) is 42.7 Å². The second-order valence-electron chi connectivity index (χ2n) is 6.14. The van der Waals surface area contributed by atoms with Gasteiger partial charge in [-0.2, -0.15) is 5.10 Å². The second kappa shape index (κ2) is 7.03. The van der Waals surface area contributed by atoms with Crippen LogP contribution < -0.4 is 10.1 Å². The Morgan fingerprint density at radius 2 is 2.20 bits per heavy atom. The van der Waals surface area contributed by atoms with E-state index in [1.165, 1.54) is 12.4 Å². The summed E-state index contributed by atoms with van der Waals surface area (Å²) in [4.78, 5) is 4.18. The molecule has 1 aliphatic rings. The molecule has 3 aromatic rings. The third-order valence-corrected chi connectivity index (χ3v) is 4.41. The molecular formula is C19H19FN4O. The number of ether oxygens (including phenoxy) is 1. The van der Waals surface area contributed by atoms with Crippen molar-refractivity contribution in [3.63, 3.8) is 0 Å². The first-order chi connectivity index (χ1) is 12.3. The van der Waals surface area contributed by atoms with Gasteiger partial charge >= 0.3 is 0 Å². The predicted molar refractivity (Wildman–Crippen MR) is 92.5 cm³/mol. The highest BCUT2D eigenvalue weighted by Crippen LogP contribution is 2.32. The maximum Gasteiger partial charge on any atom is 0.155 e. The number of H-pyrrole nitrogens is 1. The molecule has 0 amide bonds. The molecule has 1 aromatic heterocycles. The lowest BCUT2D eigenvalue weighted by Gasteiger charge is -2.18. The zero-order valence-electron chi connectivity index (χ0n) is 13.7. The van der Waals surface area contributed by atoms with Gasteiger partial charge in [0.1, 0.15) is 17.9 Å². The molecule has 4 rings (SSSR count). The van der Waals surface area contributed by atoms with Crippen molar-refractivity contribution in [2.75, 3.05) is 6.61 Å². The van der Waals surface area contributed by atoms with E-state index in [2.05, 4.69) is 32.6 Å². The number of hydrogen-bond acceptors (Lipinski definition) is 4. The first-order valence-corrected chi connectivity index (χ1v) is 8.40. The summed E-state index contributed by atoms with van der Waals surface area (Å²) in [7, 11) is 0. The summed E-state index contributed by atoms with van der Waals surface area (Å²) in [5.74, 6) is 1.28. The topological polar surface area (TPSA) is 62.8 Å². The van der Waals surface area contributed by atoms with Gasteiger partial charge in [-0.1, -0.05) is 18.2 Å². The van der Waals surface area contributed by atoms with Gasteiger partial charge in [0.15, 0.2) is 5.82 Å². The highest BCUT2D eigenvalue weighted by Gasteiger charge is 2.20. The summed E-state index contributed by atoms with van der Waals surface area (Å²) in [6.07, 6.45) is 3.35. The van der Waals surface area contributed by atoms with E-state index in [1.54, 1.807) is 12.1 Å². The van der Waals surface area contributed by atoms with Crippen LogP contribution in [0, 0.1) is 5.82 Å². The smallest absolute Gasteiger partial charge is 0.155 e. The largest absolute Gasteiger partial charge is 0.493 e. The molecule has 0 saturated carbocycles. The van der Waals surface area contributed by atoms with E-state index in [0.717, 1.165) is 41.1 Å². The lowest BCUT2D eigenvalue weighted by molar-refractivity contribution is 0.315. The van der Waals surface area contributed by atoms with Crippen LogP contribution in [0.15, 0.2) is 48.8 Å². The van der Waals surface area contributed by atoms with Crippen LogP contribution in [0.2, 0.25) is 0 Å². The number of rotatable bonds is 4. The minimum atomic E-state index is -0.233. The number of nitrogens with zero attached hydrogens (tertiary/aromatic N) is 2. The maximum atomic E-state index is 13.7. The number of nitrogens with one attached hydrogen (secondary N) is 2. The summed E-state index contributed by atoms with van der Waals surface area (Å²) in [5.41, 5.74) is 3.02. The highest BCUT2D eigenvalue weighted by atomic mass is 19.1. The van der Waals surface area contributed by atoms with E-state index in [-0.39, 0.29) is 11.9 Å². The maximum absolute atomic E-state index is 13.7. The molecule has 1 aliphatic heterocycles. The molecule has 1 atom stereocenters. The highest BCUT2D eigenvalue weighted by molar-refractivity contribution is 5.55. The van der Waals surface area contributed by atoms with Crippen LogP contribution in [0.3, 0.4) is 0 Å². The Morgan fingerprint density at radius 3 is 3.08 bits per heavy atom. The predicted octanol–water partition coefficient (Wildman–Crippen LogP) is 3.61. The molecule has 0 radical (unpaired) electrons. The number of halogens is 1. The molecule has 0 bridgehead atoms. The summed E-state index contributed by atoms with van der Waals surface area (Å²) in [6.45, 7) is 1.35. The SMILES string of the molecule is Fc1ccc2c(c1)[C@H](NCc1cccc(-c3ncn[nH]3)c1)CCCO2. The van der Waals surface area contributed by atoms with Crippen molar-refractivity contribution >= 4 is 0 Å². The van der Waals surface area contributed by atoms with E-state index in [9.17, 15) is 4.39 Å². The molecule has 2 N–H and O–H groups in total. The first-order valence-electron chi connectivity index (χ1n) is 8.40. The third kappa shape index (κ3) is 3.53. The van der Waals surface area contributed by atoms with Gasteiger partial charge in [-0.3, -0.25) is 5.10 Å². The zero-order valence-corrected chi connectivity index (χ0v) is 13.7. The normalized spacial score (nSPS) is 16.8. The van der Waals surface area contributed by atoms with Crippen LogP contribution in [-0.2, 0) is 6.54 Å². The van der Waals surface area contributed by atoms with Crippen molar-refractivity contribution in [3.8, 4) is 17.1 Å². The van der Waals surface area contributed by atoms with Gasteiger partial charge in [0.05, 0.1) is 6.61 Å². The Kier molecular flexibility index (Phi) is 4.43. The molecule has 5 nitrogen and oxygen atoms in total. The average molecular weight is 338 g/mol. The van der Waals surface area contributed by atoms with Gasteiger partial charge in [0.2, 0.25) is 0 Å². The molecule has 0 spiro atoms. The molecule has 0 fully saturated rings. The van der Waals surface area contributed by atoms with Crippen LogP contribution in [0.1, 0.15) is 30.0 Å². The van der Waals surface area contributed by atoms with E-state index in [0.29, 0.717) is 13.2 Å². The van der Waals surface area contributed by atoms with E-state index >= 15 is 0 Å². The van der Waals surface area contributed by atoms with E-state index < -0.39 is 0 Å². The molecule has 0 aliphatic carbocycles. The molecule has 0 saturated heterocycles. The third-order valence-electron chi connectivity index (χ3n) is 4.41. The van der Waals surface area contributed by atoms with Gasteiger partial charge in [0, 0.05) is 23.7 Å². The molecular weight excluding hydrogens is 319 g/mol. The Bertz CT molecular complexity index is 850. The van der Waals surface area contributed by atoms with Crippen molar-refractivity contribution in [2.24, 2.45) is 0 Å². The summed E-state index contributed by atoms with van der Waals surface area (Å²) in [5, 5.41) is 10.3. The fourth-order valence-electron chi connectivity index (χ4n) is 3.17. The van der Waals surface area contributed by atoms with Crippen molar-refractivity contribution in [1.82, 2.24) is 20.5 Å². The summed E-state index contributed by atoms with van der Waals surface area (Å²) >= 11 is 0. The lowest BCUT2D eigenvalue weighted by Crippen LogP contribution is -2.20. The van der Waals surface area contributed by atoms with Crippen LogP contribution in [0.5, 0.6) is 5.75 Å². The molecule has 128 valence electrons. The van der Waals surface area contributed by atoms with E-state index in [1.807, 2.05) is 12.1 Å². The fourth-order valence-corrected chi connectivity index (χ4v) is 3.17. The second-order valence-corrected chi connectivity index (χ2v) is 6.14. The number of aromatic nitrogens is 3. The molecule has 6 heteroatoms. The lowest BCUT2D eigenvalue weighted by atomic mass is 10.0. The standard InChI is InChI=1S/C19H19FN4O/c20-15-6-7-18-16(10-15)17(5-2-8-25-18)21-11-13-3-1-4-14(9-13)19-22-12-23-24-19/h1,3-4,6-7,9-10,12,17,21H,2,5,8,11H2,(H,22,23,24)/t17-/m1/s1. The molecule has 2 aromatic carbocycles. The van der Waals surface area contributed by atoms with Gasteiger partial charge < -0.3 is 10.1 Å². The quantitative estimate of drug-likeness (QED) is 0.763. The first kappa shape index (κ1) is 15.8. The number of hydrogen-bond donors (Lipinski definition) is 2. The van der Waals surface area contributed by atoms with Crippen molar-refractivity contribution in [1.29, 1.82) is 0 Å². The van der Waals surface area contributed by atoms with Gasteiger partial charge in [0.25, 0.3) is 0 Å². The monoisotopic (exact) mass is 338 g/mol. The van der Waals surface area contributed by atoms with Crippen LogP contribution in [0.25, 0.3) is 11.4 Å². The van der Waals surface area contributed by atoms with Crippen molar-refractivity contribution < 1.29 is 9.13 Å². The Balaban J connectivity index is 1.52. The van der Waals surface area contributed by atoms with Crippen molar-refractivity contribution in [3.05, 3.63) is 65.7 Å². The summed E-state index contributed by atoms with van der Waals surface area (Å²) in [6, 6.07) is 12.9. The van der Waals surface area contributed by atoms with Gasteiger partial charge in [-0.15, -0.1) is 0 Å². The molecule has 2 heterocycles. The Labute approximate surface area is 145 Å². The van der Waals surface area contributed by atoms with Crippen molar-refractivity contribution in [2.45, 2.75) is 25.4 Å². The fraction of sp³-hybridized carbons (Fsp3) is 0.263. The van der Waals surface area contributed by atoms with Crippen LogP contribution in [-0.4, -0.2) is 21.8 Å². The zero-order chi connectivity index (χ0) is 17.1. The average Bonchev–Trinajstić information content (AvgIpc) is 3.10. The Morgan fingerprint density at radius 1 is 1.24 bits per heavy atom. The summed E-state index contributed by atoms with van der Waals surface area (Å²) < 4.78 is 19.4. The molecule has 25 heavy (non-hydrogen) atoms.